The van der Waals surface area contributed by atoms with Crippen LogP contribution in [0.15, 0.2) is 24.3 Å². The lowest BCUT2D eigenvalue weighted by atomic mass is 10.1. The van der Waals surface area contributed by atoms with Crippen LogP contribution in [0.4, 0.5) is 0 Å². The van der Waals surface area contributed by atoms with Crippen molar-refractivity contribution in [3.8, 4) is 5.75 Å². The van der Waals surface area contributed by atoms with Crippen LogP contribution in [0.5, 0.6) is 5.75 Å². The zero-order valence-corrected chi connectivity index (χ0v) is 9.74. The Morgan fingerprint density at radius 2 is 2.12 bits per heavy atom. The van der Waals surface area contributed by atoms with E-state index in [2.05, 4.69) is 5.32 Å². The summed E-state index contributed by atoms with van der Waals surface area (Å²) in [7, 11) is 1.68. The number of hydrogen-bond acceptors (Lipinski definition) is 3. The van der Waals surface area contributed by atoms with E-state index in [1.807, 2.05) is 24.3 Å². The Bertz CT molecular complexity index is 304. The standard InChI is InChI=1S/C13H19NO2/c1-15-13-4-2-11(3-5-13)9-16-10-12-6-7-14-8-12/h2-5,12,14H,6-10H2,1H3/t12-/m0/s1. The Kier molecular flexibility index (Phi) is 4.19. The van der Waals surface area contributed by atoms with Gasteiger partial charge in [-0.1, -0.05) is 12.1 Å². The largest absolute Gasteiger partial charge is 0.497 e. The molecular formula is C13H19NO2. The van der Waals surface area contributed by atoms with Crippen molar-refractivity contribution in [2.75, 3.05) is 26.8 Å². The molecule has 1 heterocycles. The van der Waals surface area contributed by atoms with Crippen LogP contribution in [0.1, 0.15) is 12.0 Å². The van der Waals surface area contributed by atoms with Crippen LogP contribution in [0.3, 0.4) is 0 Å². The van der Waals surface area contributed by atoms with Crippen LogP contribution in [-0.4, -0.2) is 26.8 Å². The third-order valence-electron chi connectivity index (χ3n) is 2.94. The number of methoxy groups -OCH3 is 1. The Morgan fingerprint density at radius 1 is 1.31 bits per heavy atom. The molecule has 1 fully saturated rings. The molecule has 1 atom stereocenters. The first-order valence-corrected chi connectivity index (χ1v) is 5.80. The lowest BCUT2D eigenvalue weighted by molar-refractivity contribution is 0.0924. The van der Waals surface area contributed by atoms with Crippen molar-refractivity contribution >= 4 is 0 Å². The molecular weight excluding hydrogens is 202 g/mol. The first-order valence-electron chi connectivity index (χ1n) is 5.80. The van der Waals surface area contributed by atoms with E-state index < -0.39 is 0 Å². The molecule has 0 spiro atoms. The third-order valence-corrected chi connectivity index (χ3v) is 2.94. The molecule has 1 aliphatic rings. The summed E-state index contributed by atoms with van der Waals surface area (Å²) in [4.78, 5) is 0. The van der Waals surface area contributed by atoms with E-state index in [4.69, 9.17) is 9.47 Å². The molecule has 1 aromatic carbocycles. The number of hydrogen-bond donors (Lipinski definition) is 1. The zero-order valence-electron chi connectivity index (χ0n) is 9.74. The first-order chi connectivity index (χ1) is 7.88. The van der Waals surface area contributed by atoms with E-state index in [0.29, 0.717) is 12.5 Å². The summed E-state index contributed by atoms with van der Waals surface area (Å²) >= 11 is 0. The first kappa shape index (κ1) is 11.4. The summed E-state index contributed by atoms with van der Waals surface area (Å²) in [6.07, 6.45) is 1.24. The lowest BCUT2D eigenvalue weighted by Gasteiger charge is -2.09. The molecule has 88 valence electrons. The highest BCUT2D eigenvalue weighted by Gasteiger charge is 2.13. The fraction of sp³-hybridized carbons (Fsp3) is 0.538. The van der Waals surface area contributed by atoms with E-state index in [9.17, 15) is 0 Å². The van der Waals surface area contributed by atoms with Crippen molar-refractivity contribution in [2.24, 2.45) is 5.92 Å². The van der Waals surface area contributed by atoms with Crippen molar-refractivity contribution in [1.82, 2.24) is 5.32 Å². The highest BCUT2D eigenvalue weighted by atomic mass is 16.5. The maximum absolute atomic E-state index is 5.70. The van der Waals surface area contributed by atoms with Crippen molar-refractivity contribution in [1.29, 1.82) is 0 Å². The molecule has 3 heteroatoms. The molecule has 0 aliphatic carbocycles. The average molecular weight is 221 g/mol. The molecule has 0 bridgehead atoms. The second-order valence-electron chi connectivity index (χ2n) is 4.22. The van der Waals surface area contributed by atoms with E-state index in [1.165, 1.54) is 12.0 Å². The van der Waals surface area contributed by atoms with Gasteiger partial charge < -0.3 is 14.8 Å². The second kappa shape index (κ2) is 5.87. The van der Waals surface area contributed by atoms with Gasteiger partial charge >= 0.3 is 0 Å². The molecule has 1 N–H and O–H groups in total. The van der Waals surface area contributed by atoms with Gasteiger partial charge in [0, 0.05) is 6.54 Å². The molecule has 2 rings (SSSR count). The van der Waals surface area contributed by atoms with Crippen LogP contribution in [-0.2, 0) is 11.3 Å². The van der Waals surface area contributed by atoms with Crippen molar-refractivity contribution in [3.63, 3.8) is 0 Å². The molecule has 3 nitrogen and oxygen atoms in total. The molecule has 1 aromatic rings. The van der Waals surface area contributed by atoms with Gasteiger partial charge in [-0.25, -0.2) is 0 Å². The van der Waals surface area contributed by atoms with Gasteiger partial charge in [-0.3, -0.25) is 0 Å². The smallest absolute Gasteiger partial charge is 0.118 e. The van der Waals surface area contributed by atoms with Gasteiger partial charge in [0.1, 0.15) is 5.75 Å². The molecule has 0 amide bonds. The van der Waals surface area contributed by atoms with Gasteiger partial charge in [0.15, 0.2) is 0 Å². The van der Waals surface area contributed by atoms with E-state index in [1.54, 1.807) is 7.11 Å². The van der Waals surface area contributed by atoms with Gasteiger partial charge in [0.05, 0.1) is 20.3 Å². The zero-order chi connectivity index (χ0) is 11.2. The van der Waals surface area contributed by atoms with E-state index in [0.717, 1.165) is 25.4 Å². The minimum Gasteiger partial charge on any atom is -0.497 e. The summed E-state index contributed by atoms with van der Waals surface area (Å²) in [6, 6.07) is 8.03. The van der Waals surface area contributed by atoms with Gasteiger partial charge in [-0.15, -0.1) is 0 Å². The number of rotatable bonds is 5. The molecule has 16 heavy (non-hydrogen) atoms. The summed E-state index contributed by atoms with van der Waals surface area (Å²) in [6.45, 7) is 3.79. The highest BCUT2D eigenvalue weighted by molar-refractivity contribution is 5.26. The fourth-order valence-corrected chi connectivity index (χ4v) is 1.92. The van der Waals surface area contributed by atoms with E-state index >= 15 is 0 Å². The SMILES string of the molecule is COc1ccc(COC[C@H]2CCNC2)cc1. The van der Waals surface area contributed by atoms with E-state index in [-0.39, 0.29) is 0 Å². The average Bonchev–Trinajstić information content (AvgIpc) is 2.83. The second-order valence-corrected chi connectivity index (χ2v) is 4.22. The van der Waals surface area contributed by atoms with Crippen molar-refractivity contribution in [3.05, 3.63) is 29.8 Å². The Balaban J connectivity index is 1.71. The maximum atomic E-state index is 5.70. The van der Waals surface area contributed by atoms with Crippen LogP contribution in [0.25, 0.3) is 0 Å². The predicted molar refractivity (Wildman–Crippen MR) is 63.6 cm³/mol. The van der Waals surface area contributed by atoms with Gasteiger partial charge in [-0.2, -0.15) is 0 Å². The third kappa shape index (κ3) is 3.22. The predicted octanol–water partition coefficient (Wildman–Crippen LogP) is 1.82. The Hall–Kier alpha value is -1.06. The highest BCUT2D eigenvalue weighted by Crippen LogP contribution is 2.13. The van der Waals surface area contributed by atoms with Crippen LogP contribution in [0.2, 0.25) is 0 Å². The Labute approximate surface area is 96.8 Å². The lowest BCUT2D eigenvalue weighted by Crippen LogP contribution is -2.13. The molecule has 0 radical (unpaired) electrons. The summed E-state index contributed by atoms with van der Waals surface area (Å²) in [5, 5.41) is 3.34. The van der Waals surface area contributed by atoms with Gasteiger partial charge in [0.2, 0.25) is 0 Å². The normalized spacial score (nSPS) is 19.9. The molecule has 1 aliphatic heterocycles. The molecule has 1 saturated heterocycles. The van der Waals surface area contributed by atoms with Crippen LogP contribution < -0.4 is 10.1 Å². The minimum absolute atomic E-state index is 0.693. The van der Waals surface area contributed by atoms with Crippen molar-refractivity contribution < 1.29 is 9.47 Å². The summed E-state index contributed by atoms with van der Waals surface area (Å²) < 4.78 is 10.8. The Morgan fingerprint density at radius 3 is 2.75 bits per heavy atom. The number of benzene rings is 1. The van der Waals surface area contributed by atoms with Gasteiger partial charge in [0.25, 0.3) is 0 Å². The minimum atomic E-state index is 0.693. The molecule has 0 aromatic heterocycles. The topological polar surface area (TPSA) is 30.5 Å². The quantitative estimate of drug-likeness (QED) is 0.822. The van der Waals surface area contributed by atoms with Gasteiger partial charge in [-0.05, 0) is 36.6 Å². The molecule has 0 saturated carbocycles. The maximum Gasteiger partial charge on any atom is 0.118 e. The summed E-state index contributed by atoms with van der Waals surface area (Å²) in [5.41, 5.74) is 1.20. The number of nitrogens with one attached hydrogen (secondary N) is 1. The monoisotopic (exact) mass is 221 g/mol. The van der Waals surface area contributed by atoms with Crippen LogP contribution in [0, 0.1) is 5.92 Å². The molecule has 0 unspecified atom stereocenters. The van der Waals surface area contributed by atoms with Crippen molar-refractivity contribution in [2.45, 2.75) is 13.0 Å². The van der Waals surface area contributed by atoms with Crippen LogP contribution >= 0.6 is 0 Å². The fourth-order valence-electron chi connectivity index (χ4n) is 1.92. The summed E-state index contributed by atoms with van der Waals surface area (Å²) in [5.74, 6) is 1.59. The number of ether oxygens (including phenoxy) is 2.